The van der Waals surface area contributed by atoms with Crippen LogP contribution >= 0.6 is 0 Å². The summed E-state index contributed by atoms with van der Waals surface area (Å²) in [6.45, 7) is 0.119. The van der Waals surface area contributed by atoms with Gasteiger partial charge in [0.15, 0.2) is 0 Å². The van der Waals surface area contributed by atoms with Crippen LogP contribution in [0.4, 0.5) is 13.6 Å². The number of alkyl halides is 2. The number of aliphatic hydroxyl groups excluding tert-OH is 1. The zero-order valence-corrected chi connectivity index (χ0v) is 22.1. The van der Waals surface area contributed by atoms with Crippen molar-refractivity contribution in [2.24, 2.45) is 5.73 Å². The molecule has 1 aliphatic carbocycles. The second-order valence-electron chi connectivity index (χ2n) is 10.3. The van der Waals surface area contributed by atoms with Gasteiger partial charge in [0.1, 0.15) is 6.23 Å². The largest absolute Gasteiger partial charge is 0.478 e. The quantitative estimate of drug-likeness (QED) is 0.457. The fraction of sp³-hybridized carbons (Fsp3) is 0.750. The number of pyridine rings is 1. The topological polar surface area (TPSA) is 153 Å². The van der Waals surface area contributed by atoms with Gasteiger partial charge in [-0.05, 0) is 38.2 Å². The third-order valence-corrected chi connectivity index (χ3v) is 8.02. The molecule has 4 unspecified atom stereocenters. The Kier molecular flexibility index (Phi) is 9.40. The number of aliphatic hydroxyl groups is 1. The molecule has 1 aromatic rings. The van der Waals surface area contributed by atoms with Crippen LogP contribution in [0, 0.1) is 0 Å². The maximum atomic E-state index is 13.5. The van der Waals surface area contributed by atoms with Crippen molar-refractivity contribution in [2.75, 3.05) is 26.1 Å². The zero-order valence-electron chi connectivity index (χ0n) is 21.3. The Morgan fingerprint density at radius 3 is 2.58 bits per heavy atom. The van der Waals surface area contributed by atoms with E-state index in [1.54, 1.807) is 0 Å². The SMILES string of the molecule is CS(=O)(=O)NC1CC(CC(N)O)N2C(=O)OCCCOc3cc(C(F)F)cc(n3)C3CCC(CC3)OCC12. The molecule has 1 amide bonds. The summed E-state index contributed by atoms with van der Waals surface area (Å²) in [4.78, 5) is 19.1. The number of ether oxygens (including phenoxy) is 3. The van der Waals surface area contributed by atoms with Gasteiger partial charge in [-0.25, -0.2) is 31.7 Å². The van der Waals surface area contributed by atoms with Crippen molar-refractivity contribution in [3.05, 3.63) is 23.4 Å². The minimum absolute atomic E-state index is 0.0189. The second-order valence-corrected chi connectivity index (χ2v) is 12.0. The van der Waals surface area contributed by atoms with Crippen molar-refractivity contribution < 1.29 is 41.3 Å². The van der Waals surface area contributed by atoms with Crippen LogP contribution in [0.25, 0.3) is 0 Å². The molecule has 4 N–H and O–H groups in total. The van der Waals surface area contributed by atoms with E-state index in [1.807, 2.05) is 0 Å². The molecule has 2 fully saturated rings. The first kappa shape index (κ1) is 28.9. The normalized spacial score (nSPS) is 29.9. The Morgan fingerprint density at radius 2 is 1.92 bits per heavy atom. The zero-order chi connectivity index (χ0) is 27.4. The summed E-state index contributed by atoms with van der Waals surface area (Å²) in [5.41, 5.74) is 6.03. The number of rotatable bonds is 5. The van der Waals surface area contributed by atoms with E-state index in [2.05, 4.69) is 9.71 Å². The number of aromatic nitrogens is 1. The van der Waals surface area contributed by atoms with Crippen molar-refractivity contribution in [1.29, 1.82) is 0 Å². The minimum Gasteiger partial charge on any atom is -0.478 e. The van der Waals surface area contributed by atoms with Crippen LogP contribution < -0.4 is 15.2 Å². The highest BCUT2D eigenvalue weighted by atomic mass is 32.2. The van der Waals surface area contributed by atoms with E-state index in [0.717, 1.165) is 6.26 Å². The van der Waals surface area contributed by atoms with Gasteiger partial charge in [-0.1, -0.05) is 0 Å². The van der Waals surface area contributed by atoms with Crippen molar-refractivity contribution in [1.82, 2.24) is 14.6 Å². The lowest BCUT2D eigenvalue weighted by atomic mass is 9.84. The first-order chi connectivity index (χ1) is 18.0. The number of halogens is 2. The van der Waals surface area contributed by atoms with Gasteiger partial charge >= 0.3 is 6.09 Å². The van der Waals surface area contributed by atoms with Gasteiger partial charge in [0.2, 0.25) is 15.9 Å². The molecular formula is C24H36F2N4O7S. The summed E-state index contributed by atoms with van der Waals surface area (Å²) in [6, 6.07) is 0.777. The first-order valence-electron chi connectivity index (χ1n) is 12.9. The molecule has 0 radical (unpaired) electrons. The fourth-order valence-electron chi connectivity index (χ4n) is 5.58. The molecule has 214 valence electrons. The van der Waals surface area contributed by atoms with E-state index < -0.39 is 46.9 Å². The van der Waals surface area contributed by atoms with Gasteiger partial charge in [-0.2, -0.15) is 0 Å². The lowest BCUT2D eigenvalue weighted by Crippen LogP contribution is -2.51. The number of hydrogen-bond donors (Lipinski definition) is 3. The number of carbonyl (C=O) groups excluding carboxylic acids is 1. The van der Waals surface area contributed by atoms with Crippen LogP contribution in [0.15, 0.2) is 12.1 Å². The van der Waals surface area contributed by atoms with Crippen LogP contribution in [0.5, 0.6) is 5.88 Å². The van der Waals surface area contributed by atoms with E-state index in [-0.39, 0.29) is 62.5 Å². The van der Waals surface area contributed by atoms with E-state index in [4.69, 9.17) is 19.9 Å². The molecule has 0 spiro atoms. The summed E-state index contributed by atoms with van der Waals surface area (Å²) < 4.78 is 71.1. The maximum Gasteiger partial charge on any atom is 0.410 e. The molecule has 0 aromatic carbocycles. The standard InChI is InChI=1S/C24H36F2N4O7S/c1-38(33,34)29-19-11-16(12-21(27)31)30-20(19)13-37-17-5-3-14(4-6-17)18-9-15(23(25)26)10-22(28-18)35-7-2-8-36-24(30)32/h9-10,14,16-17,19-21,23,29,31H,2-8,11-13,27H2,1H3. The maximum absolute atomic E-state index is 13.5. The number of nitrogens with zero attached hydrogens (tertiary/aromatic N) is 2. The van der Waals surface area contributed by atoms with Crippen molar-refractivity contribution in [3.8, 4) is 5.88 Å². The van der Waals surface area contributed by atoms with Gasteiger partial charge in [-0.3, -0.25) is 4.90 Å². The predicted molar refractivity (Wildman–Crippen MR) is 132 cm³/mol. The lowest BCUT2D eigenvalue weighted by Gasteiger charge is -2.34. The summed E-state index contributed by atoms with van der Waals surface area (Å²) in [6.07, 6.45) is -0.469. The smallest absolute Gasteiger partial charge is 0.410 e. The number of hydrogen-bond acceptors (Lipinski definition) is 9. The number of sulfonamides is 1. The Labute approximate surface area is 221 Å². The Hall–Kier alpha value is -2.13. The van der Waals surface area contributed by atoms with E-state index in [0.29, 0.717) is 31.4 Å². The predicted octanol–water partition coefficient (Wildman–Crippen LogP) is 2.01. The molecule has 4 aliphatic rings. The molecule has 14 heteroatoms. The summed E-state index contributed by atoms with van der Waals surface area (Å²) in [5, 5.41) is 9.83. The fourth-order valence-corrected chi connectivity index (χ4v) is 6.39. The average molecular weight is 563 g/mol. The van der Waals surface area contributed by atoms with Crippen molar-refractivity contribution in [3.63, 3.8) is 0 Å². The molecule has 3 aliphatic heterocycles. The number of nitrogens with one attached hydrogen (secondary N) is 1. The van der Waals surface area contributed by atoms with Crippen LogP contribution in [0.2, 0.25) is 0 Å². The first-order valence-corrected chi connectivity index (χ1v) is 14.8. The van der Waals surface area contributed by atoms with E-state index in [9.17, 15) is 27.1 Å². The summed E-state index contributed by atoms with van der Waals surface area (Å²) >= 11 is 0. The van der Waals surface area contributed by atoms with Gasteiger partial charge < -0.3 is 25.1 Å². The molecular weight excluding hydrogens is 526 g/mol. The van der Waals surface area contributed by atoms with Crippen molar-refractivity contribution >= 4 is 16.1 Å². The van der Waals surface area contributed by atoms with Crippen LogP contribution in [0.1, 0.15) is 68.5 Å². The second kappa shape index (κ2) is 12.4. The lowest BCUT2D eigenvalue weighted by molar-refractivity contribution is -0.0138. The molecule has 4 heterocycles. The highest BCUT2D eigenvalue weighted by molar-refractivity contribution is 7.88. The molecule has 1 aromatic heterocycles. The van der Waals surface area contributed by atoms with E-state index >= 15 is 0 Å². The molecule has 4 atom stereocenters. The Morgan fingerprint density at radius 1 is 1.21 bits per heavy atom. The Bertz CT molecular complexity index is 1070. The Balaban J connectivity index is 1.57. The monoisotopic (exact) mass is 562 g/mol. The third-order valence-electron chi connectivity index (χ3n) is 7.29. The molecule has 4 bridgehead atoms. The molecule has 5 rings (SSSR count). The van der Waals surface area contributed by atoms with Crippen molar-refractivity contribution in [2.45, 2.75) is 87.7 Å². The van der Waals surface area contributed by atoms with Gasteiger partial charge in [0, 0.05) is 48.2 Å². The number of fused-ring (bicyclic) bond motifs is 8. The third kappa shape index (κ3) is 7.50. The minimum atomic E-state index is -3.60. The highest BCUT2D eigenvalue weighted by Gasteiger charge is 2.46. The molecule has 11 nitrogen and oxygen atoms in total. The molecule has 38 heavy (non-hydrogen) atoms. The number of carbonyl (C=O) groups is 1. The van der Waals surface area contributed by atoms with Crippen LogP contribution in [0.3, 0.4) is 0 Å². The molecule has 1 saturated carbocycles. The number of amides is 1. The van der Waals surface area contributed by atoms with Gasteiger partial charge in [0.05, 0.1) is 38.2 Å². The number of nitrogens with two attached hydrogens (primary N) is 1. The van der Waals surface area contributed by atoms with E-state index in [1.165, 1.54) is 17.0 Å². The van der Waals surface area contributed by atoms with Crippen LogP contribution in [-0.2, 0) is 19.5 Å². The molecule has 1 saturated heterocycles. The summed E-state index contributed by atoms with van der Waals surface area (Å²) in [5.74, 6) is 0.0904. The summed E-state index contributed by atoms with van der Waals surface area (Å²) in [7, 11) is -3.60. The van der Waals surface area contributed by atoms with Gasteiger partial charge in [0.25, 0.3) is 6.43 Å². The van der Waals surface area contributed by atoms with Crippen LogP contribution in [-0.4, -0.2) is 86.0 Å². The average Bonchev–Trinajstić information content (AvgIpc) is 3.16. The highest BCUT2D eigenvalue weighted by Crippen LogP contribution is 2.37. The van der Waals surface area contributed by atoms with Gasteiger partial charge in [-0.15, -0.1) is 0 Å².